The van der Waals surface area contributed by atoms with E-state index in [2.05, 4.69) is 0 Å². The van der Waals surface area contributed by atoms with Gasteiger partial charge in [0.05, 0.1) is 25.7 Å². The molecule has 0 saturated heterocycles. The highest BCUT2D eigenvalue weighted by Gasteiger charge is 2.24. The number of nitro benzene ring substituents is 1. The quantitative estimate of drug-likeness (QED) is 0.676. The van der Waals surface area contributed by atoms with Gasteiger partial charge in [-0.15, -0.1) is 11.3 Å². The summed E-state index contributed by atoms with van der Waals surface area (Å²) in [5.74, 6) is -1.46. The Morgan fingerprint density at radius 2 is 2.10 bits per heavy atom. The highest BCUT2D eigenvalue weighted by atomic mass is 32.2. The number of carbonyl (C=O) groups is 1. The fraction of sp³-hybridized carbons (Fsp3) is 0.0833. The van der Waals surface area contributed by atoms with E-state index in [1.165, 1.54) is 23.5 Å². The maximum atomic E-state index is 12.1. The number of carboxylic acid groups (broad SMARTS) is 1. The molecule has 0 bridgehead atoms. The van der Waals surface area contributed by atoms with E-state index in [0.29, 0.717) is 4.21 Å². The van der Waals surface area contributed by atoms with Crippen molar-refractivity contribution in [1.82, 2.24) is 0 Å². The van der Waals surface area contributed by atoms with Crippen LogP contribution in [0.2, 0.25) is 0 Å². The van der Waals surface area contributed by atoms with Gasteiger partial charge >= 0.3 is 5.97 Å². The monoisotopic (exact) mass is 311 g/mol. The van der Waals surface area contributed by atoms with Gasteiger partial charge in [-0.05, 0) is 17.0 Å². The largest absolute Gasteiger partial charge is 0.477 e. The molecule has 1 atom stereocenters. The Labute approximate surface area is 120 Å². The molecule has 0 aliphatic heterocycles. The summed E-state index contributed by atoms with van der Waals surface area (Å²) in [7, 11) is -1.42. The molecule has 1 N–H and O–H groups in total. The zero-order valence-electron chi connectivity index (χ0n) is 10.0. The van der Waals surface area contributed by atoms with Gasteiger partial charge < -0.3 is 5.11 Å². The summed E-state index contributed by atoms with van der Waals surface area (Å²) < 4.78 is 12.7. The molecule has 8 heteroatoms. The smallest absolute Gasteiger partial charge is 0.343 e. The van der Waals surface area contributed by atoms with Gasteiger partial charge in [0.2, 0.25) is 0 Å². The normalized spacial score (nSPS) is 12.0. The first kappa shape index (κ1) is 14.4. The Hall–Kier alpha value is -2.06. The van der Waals surface area contributed by atoms with Gasteiger partial charge in [0.25, 0.3) is 5.69 Å². The summed E-state index contributed by atoms with van der Waals surface area (Å²) in [5, 5.41) is 21.8. The van der Waals surface area contributed by atoms with Crippen molar-refractivity contribution < 1.29 is 19.0 Å². The molecule has 1 aromatic carbocycles. The van der Waals surface area contributed by atoms with Crippen LogP contribution < -0.4 is 0 Å². The fourth-order valence-electron chi connectivity index (χ4n) is 1.71. The molecule has 0 saturated carbocycles. The number of carboxylic acids is 1. The van der Waals surface area contributed by atoms with Crippen LogP contribution in [0.5, 0.6) is 0 Å². The zero-order valence-corrected chi connectivity index (χ0v) is 11.6. The first-order valence-corrected chi connectivity index (χ1v) is 7.62. The van der Waals surface area contributed by atoms with Crippen LogP contribution in [0.3, 0.4) is 0 Å². The third kappa shape index (κ3) is 2.91. The second kappa shape index (κ2) is 5.93. The number of rotatable bonds is 5. The molecule has 0 fully saturated rings. The number of aromatic carboxylic acids is 1. The van der Waals surface area contributed by atoms with E-state index >= 15 is 0 Å². The van der Waals surface area contributed by atoms with Crippen LogP contribution in [-0.2, 0) is 16.6 Å². The zero-order chi connectivity index (χ0) is 14.7. The highest BCUT2D eigenvalue weighted by molar-refractivity contribution is 7.86. The Bertz CT molecular complexity index is 681. The van der Waals surface area contributed by atoms with Crippen LogP contribution in [0.15, 0.2) is 39.9 Å². The Kier molecular flexibility index (Phi) is 4.26. The molecule has 0 amide bonds. The molecule has 0 spiro atoms. The third-order valence-corrected chi connectivity index (χ3v) is 5.21. The molecule has 1 aromatic heterocycles. The maximum absolute atomic E-state index is 12.1. The van der Waals surface area contributed by atoms with Crippen molar-refractivity contribution in [2.24, 2.45) is 0 Å². The number of hydrogen-bond donors (Lipinski definition) is 1. The highest BCUT2D eigenvalue weighted by Crippen LogP contribution is 2.25. The SMILES string of the molecule is O=C(O)c1c(CS(=O)c2cccs2)cccc1[N+](=O)[O-]. The van der Waals surface area contributed by atoms with Crippen LogP contribution in [0.25, 0.3) is 0 Å². The van der Waals surface area contributed by atoms with Gasteiger partial charge in [-0.3, -0.25) is 14.3 Å². The van der Waals surface area contributed by atoms with E-state index in [-0.39, 0.29) is 11.3 Å². The molecule has 6 nitrogen and oxygen atoms in total. The molecule has 2 rings (SSSR count). The topological polar surface area (TPSA) is 97.5 Å². The summed E-state index contributed by atoms with van der Waals surface area (Å²) in [6, 6.07) is 7.39. The predicted octanol–water partition coefficient (Wildman–Crippen LogP) is 2.66. The van der Waals surface area contributed by atoms with Gasteiger partial charge in [0.1, 0.15) is 5.56 Å². The second-order valence-corrected chi connectivity index (χ2v) is 6.42. The van der Waals surface area contributed by atoms with E-state index in [0.717, 1.165) is 6.07 Å². The van der Waals surface area contributed by atoms with Gasteiger partial charge in [-0.25, -0.2) is 4.79 Å². The van der Waals surface area contributed by atoms with Crippen molar-refractivity contribution in [3.8, 4) is 0 Å². The lowest BCUT2D eigenvalue weighted by atomic mass is 10.1. The second-order valence-electron chi connectivity index (χ2n) is 3.80. The summed E-state index contributed by atoms with van der Waals surface area (Å²) in [6.07, 6.45) is 0. The van der Waals surface area contributed by atoms with E-state index in [1.54, 1.807) is 17.5 Å². The van der Waals surface area contributed by atoms with E-state index in [4.69, 9.17) is 5.11 Å². The first-order valence-electron chi connectivity index (χ1n) is 5.42. The van der Waals surface area contributed by atoms with Gasteiger partial charge in [0, 0.05) is 6.07 Å². The summed E-state index contributed by atoms with van der Waals surface area (Å²) in [6.45, 7) is 0. The Balaban J connectivity index is 2.42. The van der Waals surface area contributed by atoms with E-state index < -0.39 is 32.9 Å². The number of benzene rings is 1. The lowest BCUT2D eigenvalue weighted by Crippen LogP contribution is -2.08. The molecule has 1 unspecified atom stereocenters. The average molecular weight is 311 g/mol. The number of thiophene rings is 1. The van der Waals surface area contributed by atoms with E-state index in [9.17, 15) is 19.1 Å². The minimum absolute atomic E-state index is 0.0656. The molecular formula is C12H9NO5S2. The maximum Gasteiger partial charge on any atom is 0.343 e. The minimum Gasteiger partial charge on any atom is -0.477 e. The Morgan fingerprint density at radius 1 is 1.35 bits per heavy atom. The summed E-state index contributed by atoms with van der Waals surface area (Å²) in [4.78, 5) is 21.3. The van der Waals surface area contributed by atoms with Crippen LogP contribution >= 0.6 is 11.3 Å². The molecule has 104 valence electrons. The summed E-state index contributed by atoms with van der Waals surface area (Å²) >= 11 is 1.29. The molecule has 20 heavy (non-hydrogen) atoms. The number of nitrogens with zero attached hydrogens (tertiary/aromatic N) is 1. The van der Waals surface area contributed by atoms with Crippen molar-refractivity contribution in [3.05, 3.63) is 57.0 Å². The number of hydrogen-bond acceptors (Lipinski definition) is 5. The molecule has 1 heterocycles. The Morgan fingerprint density at radius 3 is 2.65 bits per heavy atom. The predicted molar refractivity (Wildman–Crippen MR) is 74.5 cm³/mol. The van der Waals surface area contributed by atoms with Crippen molar-refractivity contribution in [3.63, 3.8) is 0 Å². The number of nitro groups is 1. The van der Waals surface area contributed by atoms with Gasteiger partial charge in [-0.1, -0.05) is 18.2 Å². The third-order valence-electron chi connectivity index (χ3n) is 2.55. The molecular weight excluding hydrogens is 302 g/mol. The lowest BCUT2D eigenvalue weighted by Gasteiger charge is -2.05. The first-order chi connectivity index (χ1) is 9.50. The van der Waals surface area contributed by atoms with Crippen molar-refractivity contribution in [2.75, 3.05) is 0 Å². The average Bonchev–Trinajstić information content (AvgIpc) is 2.91. The van der Waals surface area contributed by atoms with Crippen molar-refractivity contribution >= 4 is 33.8 Å². The van der Waals surface area contributed by atoms with Crippen molar-refractivity contribution in [2.45, 2.75) is 9.96 Å². The summed E-state index contributed by atoms with van der Waals surface area (Å²) in [5.41, 5.74) is -0.695. The van der Waals surface area contributed by atoms with Gasteiger partial charge in [0.15, 0.2) is 0 Å². The van der Waals surface area contributed by atoms with Crippen LogP contribution in [0.4, 0.5) is 5.69 Å². The van der Waals surface area contributed by atoms with Crippen molar-refractivity contribution in [1.29, 1.82) is 0 Å². The van der Waals surface area contributed by atoms with Crippen LogP contribution in [0, 0.1) is 10.1 Å². The fourth-order valence-corrected chi connectivity index (χ4v) is 3.83. The standard InChI is InChI=1S/C12H9NO5S2/c14-12(15)11-8(3-1-4-9(11)13(16)17)7-20(18)10-5-2-6-19-10/h1-6H,7H2,(H,14,15). The van der Waals surface area contributed by atoms with E-state index in [1.807, 2.05) is 0 Å². The van der Waals surface area contributed by atoms with Crippen LogP contribution in [0.1, 0.15) is 15.9 Å². The molecule has 0 aliphatic carbocycles. The molecule has 0 radical (unpaired) electrons. The molecule has 2 aromatic rings. The lowest BCUT2D eigenvalue weighted by molar-refractivity contribution is -0.385. The minimum atomic E-state index is -1.42. The van der Waals surface area contributed by atoms with Gasteiger partial charge in [-0.2, -0.15) is 0 Å². The van der Waals surface area contributed by atoms with Crippen LogP contribution in [-0.4, -0.2) is 20.2 Å². The molecule has 0 aliphatic rings.